The largest absolute Gasteiger partial charge is 0.342 e. The van der Waals surface area contributed by atoms with Crippen molar-refractivity contribution in [2.75, 3.05) is 19.6 Å². The molecule has 1 aromatic carbocycles. The predicted molar refractivity (Wildman–Crippen MR) is 105 cm³/mol. The molecule has 7 heteroatoms. The molecule has 0 saturated carbocycles. The standard InChI is InChI=1S/C22H25FN4O2/c1-15(28)26-10-8-17(13-26)22-24-12-18-14-27(11-9-20(18)25-22)21(29)7-6-16-4-2-3-5-19(16)23/h2-5,12,17H,6-11,13-14H2,1H3/t17-/m0/s1. The van der Waals surface area contributed by atoms with Crippen LogP contribution in [-0.4, -0.2) is 51.2 Å². The van der Waals surface area contributed by atoms with Crippen LogP contribution in [0.5, 0.6) is 0 Å². The molecule has 1 fully saturated rings. The van der Waals surface area contributed by atoms with E-state index in [1.165, 1.54) is 6.07 Å². The summed E-state index contributed by atoms with van der Waals surface area (Å²) in [6, 6.07) is 6.58. The van der Waals surface area contributed by atoms with Crippen LogP contribution >= 0.6 is 0 Å². The molecule has 1 saturated heterocycles. The lowest BCUT2D eigenvalue weighted by atomic mass is 10.0. The first kappa shape index (κ1) is 19.5. The molecule has 0 N–H and O–H groups in total. The minimum absolute atomic E-state index is 0.0240. The summed E-state index contributed by atoms with van der Waals surface area (Å²) in [6.07, 6.45) is 4.10. The van der Waals surface area contributed by atoms with E-state index in [-0.39, 0.29) is 30.0 Å². The second kappa shape index (κ2) is 8.27. The molecule has 0 radical (unpaired) electrons. The fraction of sp³-hybridized carbons (Fsp3) is 0.455. The number of fused-ring (bicyclic) bond motifs is 1. The number of carbonyl (C=O) groups is 2. The Balaban J connectivity index is 1.37. The molecule has 2 aromatic rings. The summed E-state index contributed by atoms with van der Waals surface area (Å²) >= 11 is 0. The maximum atomic E-state index is 13.8. The third-order valence-corrected chi connectivity index (χ3v) is 5.87. The van der Waals surface area contributed by atoms with Crippen molar-refractivity contribution in [3.05, 3.63) is 58.9 Å². The molecule has 0 aliphatic carbocycles. The molecular formula is C22H25FN4O2. The van der Waals surface area contributed by atoms with Crippen LogP contribution in [0.15, 0.2) is 30.5 Å². The molecule has 1 atom stereocenters. The van der Waals surface area contributed by atoms with Crippen molar-refractivity contribution in [3.63, 3.8) is 0 Å². The number of nitrogens with zero attached hydrogens (tertiary/aromatic N) is 4. The summed E-state index contributed by atoms with van der Waals surface area (Å²) in [5, 5.41) is 0. The zero-order chi connectivity index (χ0) is 20.4. The number of hydrogen-bond acceptors (Lipinski definition) is 4. The average Bonchev–Trinajstić information content (AvgIpc) is 3.23. The lowest BCUT2D eigenvalue weighted by Gasteiger charge is -2.28. The van der Waals surface area contributed by atoms with Gasteiger partial charge in [-0.25, -0.2) is 14.4 Å². The van der Waals surface area contributed by atoms with Gasteiger partial charge in [0, 0.05) is 63.6 Å². The number of benzene rings is 1. The van der Waals surface area contributed by atoms with E-state index in [4.69, 9.17) is 4.98 Å². The van der Waals surface area contributed by atoms with Gasteiger partial charge in [-0.3, -0.25) is 9.59 Å². The van der Waals surface area contributed by atoms with Crippen molar-refractivity contribution in [3.8, 4) is 0 Å². The smallest absolute Gasteiger partial charge is 0.223 e. The highest BCUT2D eigenvalue weighted by Crippen LogP contribution is 2.26. The van der Waals surface area contributed by atoms with Gasteiger partial charge < -0.3 is 9.80 Å². The van der Waals surface area contributed by atoms with Gasteiger partial charge in [0.15, 0.2) is 0 Å². The van der Waals surface area contributed by atoms with Crippen LogP contribution in [0.25, 0.3) is 0 Å². The average molecular weight is 396 g/mol. The van der Waals surface area contributed by atoms with Crippen molar-refractivity contribution in [1.82, 2.24) is 19.8 Å². The summed E-state index contributed by atoms with van der Waals surface area (Å²) < 4.78 is 13.8. The molecule has 0 bridgehead atoms. The molecule has 2 amide bonds. The minimum atomic E-state index is -0.263. The van der Waals surface area contributed by atoms with Crippen molar-refractivity contribution in [1.29, 1.82) is 0 Å². The highest BCUT2D eigenvalue weighted by atomic mass is 19.1. The van der Waals surface area contributed by atoms with E-state index >= 15 is 0 Å². The highest BCUT2D eigenvalue weighted by molar-refractivity contribution is 5.76. The van der Waals surface area contributed by atoms with E-state index in [1.54, 1.807) is 30.0 Å². The second-order valence-corrected chi connectivity index (χ2v) is 7.81. The number of amides is 2. The monoisotopic (exact) mass is 396 g/mol. The van der Waals surface area contributed by atoms with Crippen LogP contribution < -0.4 is 0 Å². The summed E-state index contributed by atoms with van der Waals surface area (Å²) in [4.78, 5) is 37.1. The van der Waals surface area contributed by atoms with Crippen LogP contribution in [-0.2, 0) is 29.0 Å². The molecule has 1 aromatic heterocycles. The third kappa shape index (κ3) is 4.28. The van der Waals surface area contributed by atoms with Gasteiger partial charge in [-0.1, -0.05) is 18.2 Å². The maximum Gasteiger partial charge on any atom is 0.223 e. The lowest BCUT2D eigenvalue weighted by molar-refractivity contribution is -0.132. The molecule has 152 valence electrons. The minimum Gasteiger partial charge on any atom is -0.342 e. The summed E-state index contributed by atoms with van der Waals surface area (Å²) in [6.45, 7) is 4.13. The number of likely N-dealkylation sites (tertiary alicyclic amines) is 1. The summed E-state index contributed by atoms with van der Waals surface area (Å²) in [7, 11) is 0. The van der Waals surface area contributed by atoms with Gasteiger partial charge in [0.05, 0.1) is 5.69 Å². The van der Waals surface area contributed by atoms with E-state index in [9.17, 15) is 14.0 Å². The van der Waals surface area contributed by atoms with Gasteiger partial charge in [-0.15, -0.1) is 0 Å². The molecule has 0 unspecified atom stereocenters. The molecule has 4 rings (SSSR count). The first-order valence-electron chi connectivity index (χ1n) is 10.1. The molecule has 0 spiro atoms. The van der Waals surface area contributed by atoms with Crippen LogP contribution in [0, 0.1) is 5.82 Å². The Morgan fingerprint density at radius 2 is 2.03 bits per heavy atom. The Hall–Kier alpha value is -2.83. The van der Waals surface area contributed by atoms with E-state index in [0.29, 0.717) is 38.0 Å². The second-order valence-electron chi connectivity index (χ2n) is 7.81. The van der Waals surface area contributed by atoms with Gasteiger partial charge in [0.1, 0.15) is 11.6 Å². The molecule has 3 heterocycles. The fourth-order valence-electron chi connectivity index (χ4n) is 4.10. The van der Waals surface area contributed by atoms with Crippen molar-refractivity contribution in [2.45, 2.75) is 45.1 Å². The van der Waals surface area contributed by atoms with Gasteiger partial charge >= 0.3 is 0 Å². The number of hydrogen-bond donors (Lipinski definition) is 0. The lowest BCUT2D eigenvalue weighted by Crippen LogP contribution is -2.36. The van der Waals surface area contributed by atoms with Crippen molar-refractivity contribution in [2.24, 2.45) is 0 Å². The van der Waals surface area contributed by atoms with Gasteiger partial charge in [-0.05, 0) is 24.5 Å². The van der Waals surface area contributed by atoms with E-state index in [2.05, 4.69) is 4.98 Å². The van der Waals surface area contributed by atoms with Crippen molar-refractivity contribution < 1.29 is 14.0 Å². The molecular weight excluding hydrogens is 371 g/mol. The maximum absolute atomic E-state index is 13.8. The Labute approximate surface area is 169 Å². The van der Waals surface area contributed by atoms with E-state index in [0.717, 1.165) is 30.0 Å². The molecule has 29 heavy (non-hydrogen) atoms. The first-order chi connectivity index (χ1) is 14.0. The van der Waals surface area contributed by atoms with Crippen molar-refractivity contribution >= 4 is 11.8 Å². The molecule has 2 aliphatic heterocycles. The number of rotatable bonds is 4. The Morgan fingerprint density at radius 3 is 2.79 bits per heavy atom. The van der Waals surface area contributed by atoms with Crippen LogP contribution in [0.2, 0.25) is 0 Å². The zero-order valence-corrected chi connectivity index (χ0v) is 16.6. The summed E-state index contributed by atoms with van der Waals surface area (Å²) in [5.74, 6) is 0.836. The Bertz CT molecular complexity index is 933. The summed E-state index contributed by atoms with van der Waals surface area (Å²) in [5.41, 5.74) is 2.54. The Kier molecular flexibility index (Phi) is 5.56. The number of halogens is 1. The normalized spacial score (nSPS) is 18.6. The third-order valence-electron chi connectivity index (χ3n) is 5.87. The first-order valence-corrected chi connectivity index (χ1v) is 10.1. The van der Waals surface area contributed by atoms with Gasteiger partial charge in [-0.2, -0.15) is 0 Å². The number of aryl methyl sites for hydroxylation is 1. The Morgan fingerprint density at radius 1 is 1.21 bits per heavy atom. The molecule has 6 nitrogen and oxygen atoms in total. The van der Waals surface area contributed by atoms with Gasteiger partial charge in [0.2, 0.25) is 11.8 Å². The quantitative estimate of drug-likeness (QED) is 0.796. The van der Waals surface area contributed by atoms with Gasteiger partial charge in [0.25, 0.3) is 0 Å². The van der Waals surface area contributed by atoms with Crippen LogP contribution in [0.3, 0.4) is 0 Å². The van der Waals surface area contributed by atoms with Crippen LogP contribution in [0.4, 0.5) is 4.39 Å². The van der Waals surface area contributed by atoms with E-state index in [1.807, 2.05) is 11.1 Å². The zero-order valence-electron chi connectivity index (χ0n) is 16.6. The van der Waals surface area contributed by atoms with Crippen LogP contribution in [0.1, 0.15) is 48.3 Å². The number of carbonyl (C=O) groups excluding carboxylic acids is 2. The molecule has 2 aliphatic rings. The highest BCUT2D eigenvalue weighted by Gasteiger charge is 2.29. The number of aromatic nitrogens is 2. The predicted octanol–water partition coefficient (Wildman–Crippen LogP) is 2.47. The van der Waals surface area contributed by atoms with E-state index < -0.39 is 0 Å². The SMILES string of the molecule is CC(=O)N1CC[C@H](c2ncc3c(n2)CCN(C(=O)CCc2ccccc2F)C3)C1. The fourth-order valence-corrected chi connectivity index (χ4v) is 4.10. The topological polar surface area (TPSA) is 66.4 Å².